The molecule has 0 aromatic rings. The summed E-state index contributed by atoms with van der Waals surface area (Å²) in [5, 5.41) is 28.4. The van der Waals surface area contributed by atoms with E-state index >= 15 is 0 Å². The van der Waals surface area contributed by atoms with Crippen molar-refractivity contribution in [1.29, 1.82) is 0 Å². The van der Waals surface area contributed by atoms with Crippen LogP contribution in [0.25, 0.3) is 0 Å². The van der Waals surface area contributed by atoms with E-state index < -0.39 is 0 Å². The number of hydrogen-bond donors (Lipinski definition) is 4. The number of nitrogens with zero attached hydrogens (tertiary/aromatic N) is 2. The third-order valence-corrected chi connectivity index (χ3v) is 1.82. The second-order valence-electron chi connectivity index (χ2n) is 3.00. The maximum atomic E-state index is 8.48. The summed E-state index contributed by atoms with van der Waals surface area (Å²) in [5.74, 6) is 0. The molecule has 0 spiro atoms. The van der Waals surface area contributed by atoms with Crippen molar-refractivity contribution in [1.82, 2.24) is 10.2 Å². The summed E-state index contributed by atoms with van der Waals surface area (Å²) < 4.78 is 0. The topological polar surface area (TPSA) is 88.3 Å². The maximum Gasteiger partial charge on any atom is 0.0825 e. The van der Waals surface area contributed by atoms with Crippen LogP contribution < -0.4 is 5.32 Å². The van der Waals surface area contributed by atoms with Crippen LogP contribution in [0.5, 0.6) is 0 Å². The van der Waals surface area contributed by atoms with Crippen LogP contribution in [0.3, 0.4) is 0 Å². The fourth-order valence-corrected chi connectivity index (χ4v) is 1.08. The zero-order chi connectivity index (χ0) is 11.4. The Morgan fingerprint density at radius 1 is 1.07 bits per heavy atom. The molecule has 0 atom stereocenters. The van der Waals surface area contributed by atoms with E-state index in [1.165, 1.54) is 0 Å². The van der Waals surface area contributed by atoms with E-state index in [1.54, 1.807) is 11.2 Å². The molecular formula is C9H21N3O3. The molecule has 0 fully saturated rings. The van der Waals surface area contributed by atoms with Crippen molar-refractivity contribution in [2.24, 2.45) is 4.99 Å². The zero-order valence-corrected chi connectivity index (χ0v) is 8.97. The van der Waals surface area contributed by atoms with Crippen molar-refractivity contribution in [3.05, 3.63) is 0 Å². The quantitative estimate of drug-likeness (QED) is 0.410. The highest BCUT2D eigenvalue weighted by molar-refractivity contribution is 5.56. The van der Waals surface area contributed by atoms with Crippen LogP contribution in [0.4, 0.5) is 0 Å². The highest BCUT2D eigenvalue weighted by Gasteiger charge is 2.00. The lowest BCUT2D eigenvalue weighted by atomic mass is 10.4. The molecule has 0 amide bonds. The summed E-state index contributed by atoms with van der Waals surface area (Å²) in [6.07, 6.45) is 1.74. The molecule has 0 aliphatic carbocycles. The van der Waals surface area contributed by atoms with Gasteiger partial charge in [-0.3, -0.25) is 9.89 Å². The van der Waals surface area contributed by atoms with E-state index in [9.17, 15) is 0 Å². The third kappa shape index (κ3) is 9.61. The summed E-state index contributed by atoms with van der Waals surface area (Å²) in [6.45, 7) is 3.74. The van der Waals surface area contributed by atoms with Gasteiger partial charge in [0.15, 0.2) is 0 Å². The molecule has 0 radical (unpaired) electrons. The van der Waals surface area contributed by atoms with Gasteiger partial charge in [-0.15, -0.1) is 0 Å². The summed E-state index contributed by atoms with van der Waals surface area (Å²) in [7, 11) is 0. The summed E-state index contributed by atoms with van der Waals surface area (Å²) >= 11 is 0. The molecule has 1 aliphatic rings. The van der Waals surface area contributed by atoms with Gasteiger partial charge in [-0.25, -0.2) is 0 Å². The van der Waals surface area contributed by atoms with Gasteiger partial charge in [0, 0.05) is 26.2 Å². The normalized spacial score (nSPS) is 13.6. The summed E-state index contributed by atoms with van der Waals surface area (Å²) in [6, 6.07) is 0. The lowest BCUT2D eigenvalue weighted by molar-refractivity contribution is 0.136. The van der Waals surface area contributed by atoms with Crippen molar-refractivity contribution in [3.63, 3.8) is 0 Å². The maximum absolute atomic E-state index is 8.48. The minimum Gasteiger partial charge on any atom is -0.395 e. The fourth-order valence-electron chi connectivity index (χ4n) is 1.08. The number of hydrogen-bond acceptors (Lipinski definition) is 6. The summed E-state index contributed by atoms with van der Waals surface area (Å²) in [4.78, 5) is 5.64. The monoisotopic (exact) mass is 219 g/mol. The van der Waals surface area contributed by atoms with Crippen LogP contribution in [-0.2, 0) is 0 Å². The molecule has 6 nitrogen and oxygen atoms in total. The Balaban J connectivity index is 0.000000322. The summed E-state index contributed by atoms with van der Waals surface area (Å²) in [5.41, 5.74) is 0. The van der Waals surface area contributed by atoms with E-state index in [1.807, 2.05) is 0 Å². The second kappa shape index (κ2) is 11.4. The van der Waals surface area contributed by atoms with Crippen LogP contribution >= 0.6 is 0 Å². The van der Waals surface area contributed by atoms with Gasteiger partial charge in [0.25, 0.3) is 0 Å². The van der Waals surface area contributed by atoms with Crippen LogP contribution in [0, 0.1) is 0 Å². The zero-order valence-electron chi connectivity index (χ0n) is 8.97. The van der Waals surface area contributed by atoms with Crippen LogP contribution in [0.15, 0.2) is 4.99 Å². The van der Waals surface area contributed by atoms with Gasteiger partial charge in [0.1, 0.15) is 0 Å². The Bertz CT molecular complexity index is 135. The lowest BCUT2D eigenvalue weighted by Gasteiger charge is -2.17. The molecule has 1 heterocycles. The molecule has 1 rings (SSSR count). The van der Waals surface area contributed by atoms with Crippen molar-refractivity contribution in [2.45, 2.75) is 0 Å². The molecule has 15 heavy (non-hydrogen) atoms. The number of rotatable bonds is 6. The standard InChI is InChI=1S/C6H15NO3.C3H6N2/c8-4-1-7(2-5-9)3-6-10;1-2-5-3-4-1/h8-10H,1-6H2;3H,1-2H2,(H,4,5). The minimum atomic E-state index is 0.0694. The number of aliphatic hydroxyl groups excluding tert-OH is 3. The van der Waals surface area contributed by atoms with Crippen molar-refractivity contribution in [2.75, 3.05) is 52.5 Å². The smallest absolute Gasteiger partial charge is 0.0825 e. The molecular weight excluding hydrogens is 198 g/mol. The van der Waals surface area contributed by atoms with Gasteiger partial charge >= 0.3 is 0 Å². The van der Waals surface area contributed by atoms with Crippen molar-refractivity contribution < 1.29 is 15.3 Å². The second-order valence-corrected chi connectivity index (χ2v) is 3.00. The van der Waals surface area contributed by atoms with E-state index in [0.29, 0.717) is 19.6 Å². The van der Waals surface area contributed by atoms with Crippen LogP contribution in [0.2, 0.25) is 0 Å². The Labute approximate surface area is 90.2 Å². The predicted octanol–water partition coefficient (Wildman–Crippen LogP) is -2.12. The number of aliphatic imine (C=N–C) groups is 1. The third-order valence-electron chi connectivity index (χ3n) is 1.82. The Kier molecular flexibility index (Phi) is 10.9. The molecule has 1 aliphatic heterocycles. The molecule has 0 aromatic carbocycles. The molecule has 6 heteroatoms. The van der Waals surface area contributed by atoms with Gasteiger partial charge in [0.05, 0.1) is 32.7 Å². The highest BCUT2D eigenvalue weighted by atomic mass is 16.3. The fraction of sp³-hybridized carbons (Fsp3) is 0.889. The average molecular weight is 219 g/mol. The van der Waals surface area contributed by atoms with Gasteiger partial charge in [-0.05, 0) is 0 Å². The van der Waals surface area contributed by atoms with Gasteiger partial charge in [-0.2, -0.15) is 0 Å². The first-order valence-corrected chi connectivity index (χ1v) is 5.11. The molecule has 90 valence electrons. The Morgan fingerprint density at radius 3 is 1.80 bits per heavy atom. The van der Waals surface area contributed by atoms with Crippen LogP contribution in [0.1, 0.15) is 0 Å². The first-order chi connectivity index (χ1) is 7.35. The van der Waals surface area contributed by atoms with Crippen molar-refractivity contribution >= 4 is 6.34 Å². The molecule has 0 saturated carbocycles. The van der Waals surface area contributed by atoms with Gasteiger partial charge in [0.2, 0.25) is 0 Å². The lowest BCUT2D eigenvalue weighted by Crippen LogP contribution is -2.32. The van der Waals surface area contributed by atoms with Gasteiger partial charge in [-0.1, -0.05) is 0 Å². The first-order valence-electron chi connectivity index (χ1n) is 5.11. The molecule has 0 aromatic heterocycles. The van der Waals surface area contributed by atoms with Crippen LogP contribution in [-0.4, -0.2) is 79.1 Å². The predicted molar refractivity (Wildman–Crippen MR) is 59.1 cm³/mol. The largest absolute Gasteiger partial charge is 0.395 e. The minimum absolute atomic E-state index is 0.0694. The van der Waals surface area contributed by atoms with E-state index in [-0.39, 0.29) is 19.8 Å². The number of aliphatic hydroxyl groups is 3. The van der Waals surface area contributed by atoms with E-state index in [2.05, 4.69) is 10.3 Å². The average Bonchev–Trinajstić information content (AvgIpc) is 2.77. The molecule has 4 N–H and O–H groups in total. The molecule has 0 unspecified atom stereocenters. The van der Waals surface area contributed by atoms with E-state index in [4.69, 9.17) is 15.3 Å². The highest BCUT2D eigenvalue weighted by Crippen LogP contribution is 1.84. The number of nitrogens with one attached hydrogen (secondary N) is 1. The Morgan fingerprint density at radius 2 is 1.60 bits per heavy atom. The SMILES string of the molecule is C1=NCCN1.OCCN(CCO)CCO. The first kappa shape index (κ1) is 14.3. The van der Waals surface area contributed by atoms with Gasteiger partial charge < -0.3 is 20.6 Å². The van der Waals surface area contributed by atoms with Crippen molar-refractivity contribution in [3.8, 4) is 0 Å². The van der Waals surface area contributed by atoms with E-state index in [0.717, 1.165) is 13.1 Å². The molecule has 0 bridgehead atoms. The molecule has 0 saturated heterocycles. The Hall–Kier alpha value is -0.690.